The van der Waals surface area contributed by atoms with Crippen molar-refractivity contribution in [3.05, 3.63) is 64.2 Å². The van der Waals surface area contributed by atoms with Crippen molar-refractivity contribution in [3.63, 3.8) is 0 Å². The molecule has 0 unspecified atom stereocenters. The molecular weight excluding hydrogens is 380 g/mol. The van der Waals surface area contributed by atoms with Gasteiger partial charge in [-0.2, -0.15) is 0 Å². The lowest BCUT2D eigenvalue weighted by molar-refractivity contribution is 0.0695. The third-order valence-electron chi connectivity index (χ3n) is 4.32. The van der Waals surface area contributed by atoms with Gasteiger partial charge in [0.05, 0.1) is 23.2 Å². The number of fused-ring (bicyclic) bond motifs is 1. The highest BCUT2D eigenvalue weighted by atomic mass is 32.1. The first-order valence-electron chi connectivity index (χ1n) is 8.23. The molecule has 4 rings (SSSR count). The van der Waals surface area contributed by atoms with Crippen LogP contribution in [0, 0.1) is 6.92 Å². The van der Waals surface area contributed by atoms with Crippen LogP contribution >= 0.6 is 11.5 Å². The zero-order valence-corrected chi connectivity index (χ0v) is 15.7. The first kappa shape index (κ1) is 17.8. The molecule has 0 fully saturated rings. The Kier molecular flexibility index (Phi) is 4.36. The summed E-state index contributed by atoms with van der Waals surface area (Å²) >= 11 is 1.24. The van der Waals surface area contributed by atoms with Gasteiger partial charge in [0.1, 0.15) is 17.1 Å². The number of aromatic carboxylic acids is 1. The van der Waals surface area contributed by atoms with Crippen molar-refractivity contribution >= 4 is 27.7 Å². The molecule has 0 aliphatic rings. The van der Waals surface area contributed by atoms with Crippen LogP contribution in [0.5, 0.6) is 5.75 Å². The standard InChI is InChI=1S/C19H14N4O4S/c1-10-20-17(11-3-6-13(27-2)7-4-11)16(19(25)26)18(24)23(10)12-5-8-15-14(9-12)21-22-28-15/h3-9H,1-2H3,(H,25,26). The summed E-state index contributed by atoms with van der Waals surface area (Å²) in [5.74, 6) is -0.354. The smallest absolute Gasteiger partial charge is 0.343 e. The summed E-state index contributed by atoms with van der Waals surface area (Å²) in [6, 6.07) is 11.9. The molecule has 0 spiro atoms. The van der Waals surface area contributed by atoms with Gasteiger partial charge in [0.25, 0.3) is 5.56 Å². The van der Waals surface area contributed by atoms with E-state index >= 15 is 0 Å². The van der Waals surface area contributed by atoms with Crippen LogP contribution in [0.4, 0.5) is 0 Å². The van der Waals surface area contributed by atoms with Crippen molar-refractivity contribution in [3.8, 4) is 22.7 Å². The Morgan fingerprint density at radius 1 is 1.18 bits per heavy atom. The maximum Gasteiger partial charge on any atom is 0.343 e. The van der Waals surface area contributed by atoms with Crippen molar-refractivity contribution < 1.29 is 14.6 Å². The van der Waals surface area contributed by atoms with Crippen LogP contribution in [0.3, 0.4) is 0 Å². The van der Waals surface area contributed by atoms with E-state index in [1.165, 1.54) is 23.2 Å². The Morgan fingerprint density at radius 3 is 2.61 bits per heavy atom. The first-order valence-corrected chi connectivity index (χ1v) is 9.01. The van der Waals surface area contributed by atoms with E-state index in [0.717, 1.165) is 4.70 Å². The van der Waals surface area contributed by atoms with E-state index in [1.807, 2.05) is 0 Å². The van der Waals surface area contributed by atoms with E-state index in [4.69, 9.17) is 4.74 Å². The molecule has 1 N–H and O–H groups in total. The van der Waals surface area contributed by atoms with Crippen molar-refractivity contribution in [1.29, 1.82) is 0 Å². The topological polar surface area (TPSA) is 107 Å². The first-order chi connectivity index (χ1) is 13.5. The van der Waals surface area contributed by atoms with E-state index in [0.29, 0.717) is 28.3 Å². The number of aromatic nitrogens is 4. The fourth-order valence-corrected chi connectivity index (χ4v) is 3.53. The van der Waals surface area contributed by atoms with Gasteiger partial charge >= 0.3 is 5.97 Å². The van der Waals surface area contributed by atoms with Gasteiger partial charge in [0.2, 0.25) is 0 Å². The van der Waals surface area contributed by atoms with Gasteiger partial charge in [-0.25, -0.2) is 9.78 Å². The number of aryl methyl sites for hydroxylation is 1. The lowest BCUT2D eigenvalue weighted by Crippen LogP contribution is -2.29. The monoisotopic (exact) mass is 394 g/mol. The molecule has 9 heteroatoms. The Labute approximate surface area is 162 Å². The number of carbonyl (C=O) groups is 1. The number of rotatable bonds is 4. The fourth-order valence-electron chi connectivity index (χ4n) is 2.99. The molecule has 4 aromatic rings. The quantitative estimate of drug-likeness (QED) is 0.567. The molecule has 0 saturated heterocycles. The summed E-state index contributed by atoms with van der Waals surface area (Å²) in [5, 5.41) is 13.7. The highest BCUT2D eigenvalue weighted by molar-refractivity contribution is 7.12. The number of ether oxygens (including phenoxy) is 1. The molecule has 2 aromatic carbocycles. The van der Waals surface area contributed by atoms with Gasteiger partial charge in [-0.15, -0.1) is 5.10 Å². The van der Waals surface area contributed by atoms with Crippen LogP contribution < -0.4 is 10.3 Å². The van der Waals surface area contributed by atoms with Crippen molar-refractivity contribution in [2.24, 2.45) is 0 Å². The molecule has 0 saturated carbocycles. The average Bonchev–Trinajstić information content (AvgIpc) is 3.15. The Bertz CT molecular complexity index is 1260. The largest absolute Gasteiger partial charge is 0.497 e. The molecule has 0 aliphatic carbocycles. The summed E-state index contributed by atoms with van der Waals surface area (Å²) < 4.78 is 11.1. The lowest BCUT2D eigenvalue weighted by Gasteiger charge is -2.14. The van der Waals surface area contributed by atoms with Crippen molar-refractivity contribution in [2.45, 2.75) is 6.92 Å². The number of carboxylic acid groups (broad SMARTS) is 1. The van der Waals surface area contributed by atoms with Gasteiger partial charge in [-0.05, 0) is 60.9 Å². The number of nitrogens with zero attached hydrogens (tertiary/aromatic N) is 4. The zero-order valence-electron chi connectivity index (χ0n) is 14.9. The normalized spacial score (nSPS) is 10.9. The van der Waals surface area contributed by atoms with E-state index in [2.05, 4.69) is 14.6 Å². The van der Waals surface area contributed by atoms with Crippen molar-refractivity contribution in [2.75, 3.05) is 7.11 Å². The third-order valence-corrected chi connectivity index (χ3v) is 5.02. The van der Waals surface area contributed by atoms with Crippen LogP contribution in [-0.2, 0) is 0 Å². The maximum atomic E-state index is 13.1. The molecule has 2 aromatic heterocycles. The second kappa shape index (κ2) is 6.86. The van der Waals surface area contributed by atoms with Crippen LogP contribution in [0.1, 0.15) is 16.2 Å². The number of methoxy groups -OCH3 is 1. The molecule has 0 atom stereocenters. The molecule has 28 heavy (non-hydrogen) atoms. The van der Waals surface area contributed by atoms with E-state index in [9.17, 15) is 14.7 Å². The number of carboxylic acids is 1. The maximum absolute atomic E-state index is 13.1. The van der Waals surface area contributed by atoms with Crippen molar-refractivity contribution in [1.82, 2.24) is 19.1 Å². The summed E-state index contributed by atoms with van der Waals surface area (Å²) in [6.07, 6.45) is 0. The second-order valence-corrected chi connectivity index (χ2v) is 6.77. The Hall–Kier alpha value is -3.59. The average molecular weight is 394 g/mol. The predicted molar refractivity (Wildman–Crippen MR) is 104 cm³/mol. The van der Waals surface area contributed by atoms with Gasteiger partial charge in [0, 0.05) is 5.56 Å². The number of benzene rings is 2. The molecule has 140 valence electrons. The molecular formula is C19H14N4O4S. The van der Waals surface area contributed by atoms with E-state index in [1.54, 1.807) is 49.4 Å². The van der Waals surface area contributed by atoms with E-state index in [-0.39, 0.29) is 5.69 Å². The number of hydrogen-bond donors (Lipinski definition) is 1. The molecule has 8 nitrogen and oxygen atoms in total. The Balaban J connectivity index is 1.95. The van der Waals surface area contributed by atoms with Gasteiger partial charge in [0.15, 0.2) is 5.56 Å². The van der Waals surface area contributed by atoms with Crippen LogP contribution in [0.25, 0.3) is 27.2 Å². The SMILES string of the molecule is COc1ccc(-c2nc(C)n(-c3ccc4snnc4c3)c(=O)c2C(=O)O)cc1. The third kappa shape index (κ3) is 2.91. The summed E-state index contributed by atoms with van der Waals surface area (Å²) in [7, 11) is 1.54. The summed E-state index contributed by atoms with van der Waals surface area (Å²) in [6.45, 7) is 1.66. The molecule has 2 heterocycles. The van der Waals surface area contributed by atoms with Crippen LogP contribution in [-0.4, -0.2) is 37.3 Å². The summed E-state index contributed by atoms with van der Waals surface area (Å²) in [5.41, 5.74) is 0.694. The highest BCUT2D eigenvalue weighted by Gasteiger charge is 2.22. The molecule has 0 radical (unpaired) electrons. The van der Waals surface area contributed by atoms with Gasteiger partial charge < -0.3 is 9.84 Å². The highest BCUT2D eigenvalue weighted by Crippen LogP contribution is 2.25. The van der Waals surface area contributed by atoms with Gasteiger partial charge in [-0.3, -0.25) is 9.36 Å². The molecule has 0 aliphatic heterocycles. The fraction of sp³-hybridized carbons (Fsp3) is 0.105. The predicted octanol–water partition coefficient (Wildman–Crippen LogP) is 2.92. The molecule has 0 bridgehead atoms. The minimum Gasteiger partial charge on any atom is -0.497 e. The minimum atomic E-state index is -1.34. The van der Waals surface area contributed by atoms with Crippen LogP contribution in [0.2, 0.25) is 0 Å². The number of hydrogen-bond acceptors (Lipinski definition) is 7. The lowest BCUT2D eigenvalue weighted by atomic mass is 10.1. The van der Waals surface area contributed by atoms with Crippen LogP contribution in [0.15, 0.2) is 47.3 Å². The summed E-state index contributed by atoms with van der Waals surface area (Å²) in [4.78, 5) is 29.4. The second-order valence-electron chi connectivity index (χ2n) is 5.98. The van der Waals surface area contributed by atoms with Gasteiger partial charge in [-0.1, -0.05) is 4.49 Å². The van der Waals surface area contributed by atoms with E-state index < -0.39 is 17.1 Å². The zero-order chi connectivity index (χ0) is 19.8. The minimum absolute atomic E-state index is 0.116. The Morgan fingerprint density at radius 2 is 1.93 bits per heavy atom. The molecule has 0 amide bonds.